The van der Waals surface area contributed by atoms with Crippen LogP contribution in [0.2, 0.25) is 0 Å². The summed E-state index contributed by atoms with van der Waals surface area (Å²) in [6, 6.07) is 7.58. The molecule has 1 unspecified atom stereocenters. The molecule has 0 bridgehead atoms. The maximum atomic E-state index is 12.5. The zero-order chi connectivity index (χ0) is 20.6. The van der Waals surface area contributed by atoms with Gasteiger partial charge in [-0.05, 0) is 48.7 Å². The molecular formula is C21H25N3O4S. The first-order valence-corrected chi connectivity index (χ1v) is 11.6. The molecule has 2 aromatic rings. The van der Waals surface area contributed by atoms with Crippen LogP contribution in [0.25, 0.3) is 11.1 Å². The number of aromatic nitrogens is 1. The minimum atomic E-state index is -3.37. The molecule has 0 spiro atoms. The van der Waals surface area contributed by atoms with Gasteiger partial charge in [-0.2, -0.15) is 0 Å². The first-order chi connectivity index (χ1) is 13.9. The molecule has 0 saturated carbocycles. The van der Waals surface area contributed by atoms with Gasteiger partial charge in [0.2, 0.25) is 11.3 Å². The van der Waals surface area contributed by atoms with Crippen LogP contribution in [0.5, 0.6) is 5.75 Å². The summed E-state index contributed by atoms with van der Waals surface area (Å²) in [6.07, 6.45) is 5.26. The van der Waals surface area contributed by atoms with Crippen molar-refractivity contribution in [1.29, 1.82) is 0 Å². The molecule has 0 radical (unpaired) electrons. The fourth-order valence-corrected chi connectivity index (χ4v) is 5.04. The third-order valence-electron chi connectivity index (χ3n) is 5.67. The van der Waals surface area contributed by atoms with Crippen molar-refractivity contribution < 1.29 is 17.9 Å². The van der Waals surface area contributed by atoms with E-state index in [1.807, 2.05) is 18.2 Å². The van der Waals surface area contributed by atoms with Crippen LogP contribution in [0.15, 0.2) is 36.7 Å². The number of pyridine rings is 1. The smallest absolute Gasteiger partial charge is 0.227 e. The topological polar surface area (TPSA) is 88.6 Å². The molecule has 1 saturated heterocycles. The fraction of sp³-hybridized carbons (Fsp3) is 0.429. The molecule has 154 valence electrons. The molecule has 2 aliphatic heterocycles. The van der Waals surface area contributed by atoms with Gasteiger partial charge in [0.15, 0.2) is 9.84 Å². The Morgan fingerprint density at radius 1 is 1.24 bits per heavy atom. The number of benzene rings is 1. The number of amides is 1. The second-order valence-electron chi connectivity index (χ2n) is 7.49. The molecule has 2 atom stereocenters. The fourth-order valence-electron chi connectivity index (χ4n) is 3.72. The molecule has 3 heterocycles. The number of ether oxygens (including phenoxy) is 1. The molecule has 1 aromatic heterocycles. The van der Waals surface area contributed by atoms with Gasteiger partial charge in [-0.1, -0.05) is 13.0 Å². The maximum Gasteiger partial charge on any atom is 0.227 e. The van der Waals surface area contributed by atoms with Crippen LogP contribution in [0.3, 0.4) is 0 Å². The van der Waals surface area contributed by atoms with Crippen molar-refractivity contribution in [1.82, 2.24) is 10.3 Å². The van der Waals surface area contributed by atoms with Gasteiger partial charge in [-0.25, -0.2) is 8.42 Å². The third-order valence-corrected chi connectivity index (χ3v) is 7.61. The van der Waals surface area contributed by atoms with E-state index < -0.39 is 15.3 Å². The Bertz CT molecular complexity index is 1030. The highest BCUT2D eigenvalue weighted by atomic mass is 32.2. The van der Waals surface area contributed by atoms with Crippen LogP contribution >= 0.6 is 0 Å². The Morgan fingerprint density at radius 2 is 2.03 bits per heavy atom. The van der Waals surface area contributed by atoms with Crippen molar-refractivity contribution in [3.63, 3.8) is 0 Å². The SMILES string of the molecule is CCS(=O)(=O)[C@H](Oc1cncc(-c2ccc3c(c2)CCC(=O)N3C)c1)C1CCN1. The molecule has 4 rings (SSSR count). The van der Waals surface area contributed by atoms with Gasteiger partial charge in [-0.3, -0.25) is 9.78 Å². The second kappa shape index (κ2) is 7.76. The van der Waals surface area contributed by atoms with E-state index in [-0.39, 0.29) is 17.7 Å². The number of carbonyl (C=O) groups excluding carboxylic acids is 1. The molecule has 0 aliphatic carbocycles. The summed E-state index contributed by atoms with van der Waals surface area (Å²) < 4.78 is 30.9. The van der Waals surface area contributed by atoms with Crippen molar-refractivity contribution in [3.05, 3.63) is 42.2 Å². The molecule has 1 N–H and O–H groups in total. The lowest BCUT2D eigenvalue weighted by molar-refractivity contribution is -0.118. The summed E-state index contributed by atoms with van der Waals surface area (Å²) >= 11 is 0. The molecule has 1 amide bonds. The predicted octanol–water partition coefficient (Wildman–Crippen LogP) is 2.16. The lowest BCUT2D eigenvalue weighted by atomic mass is 9.97. The normalized spacial score (nSPS) is 20.0. The highest BCUT2D eigenvalue weighted by Gasteiger charge is 2.37. The quantitative estimate of drug-likeness (QED) is 0.778. The number of hydrogen-bond acceptors (Lipinski definition) is 6. The Morgan fingerprint density at radius 3 is 2.72 bits per heavy atom. The van der Waals surface area contributed by atoms with E-state index in [1.54, 1.807) is 31.3 Å². The summed E-state index contributed by atoms with van der Waals surface area (Å²) in [4.78, 5) is 17.8. The Balaban J connectivity index is 1.61. The van der Waals surface area contributed by atoms with E-state index in [0.717, 1.165) is 35.3 Å². The van der Waals surface area contributed by atoms with Crippen molar-refractivity contribution in [2.75, 3.05) is 24.2 Å². The summed E-state index contributed by atoms with van der Waals surface area (Å²) in [5.41, 5.74) is 2.93. The lowest BCUT2D eigenvalue weighted by Gasteiger charge is -2.34. The summed E-state index contributed by atoms with van der Waals surface area (Å²) in [7, 11) is -1.58. The number of rotatable bonds is 6. The number of sulfone groups is 1. The Hall–Kier alpha value is -2.45. The van der Waals surface area contributed by atoms with E-state index in [4.69, 9.17) is 4.74 Å². The zero-order valence-corrected chi connectivity index (χ0v) is 17.4. The molecule has 29 heavy (non-hydrogen) atoms. The second-order valence-corrected chi connectivity index (χ2v) is 9.86. The van der Waals surface area contributed by atoms with Crippen molar-refractivity contribution >= 4 is 21.4 Å². The first-order valence-electron chi connectivity index (χ1n) is 9.85. The van der Waals surface area contributed by atoms with Crippen LogP contribution in [0.1, 0.15) is 25.3 Å². The van der Waals surface area contributed by atoms with Crippen LogP contribution in [-0.2, 0) is 21.1 Å². The van der Waals surface area contributed by atoms with Gasteiger partial charge >= 0.3 is 0 Å². The van der Waals surface area contributed by atoms with Gasteiger partial charge in [-0.15, -0.1) is 0 Å². The largest absolute Gasteiger partial charge is 0.471 e. The number of nitrogens with zero attached hydrogens (tertiary/aromatic N) is 2. The maximum absolute atomic E-state index is 12.5. The number of fused-ring (bicyclic) bond motifs is 1. The van der Waals surface area contributed by atoms with E-state index in [0.29, 0.717) is 18.6 Å². The van der Waals surface area contributed by atoms with Crippen LogP contribution < -0.4 is 15.0 Å². The number of carbonyl (C=O) groups is 1. The van der Waals surface area contributed by atoms with E-state index in [9.17, 15) is 13.2 Å². The minimum absolute atomic E-state index is 0.0278. The number of hydrogen-bond donors (Lipinski definition) is 1. The predicted molar refractivity (Wildman–Crippen MR) is 112 cm³/mol. The zero-order valence-electron chi connectivity index (χ0n) is 16.6. The number of aryl methyl sites for hydroxylation is 1. The van der Waals surface area contributed by atoms with Crippen molar-refractivity contribution in [2.24, 2.45) is 0 Å². The van der Waals surface area contributed by atoms with Crippen LogP contribution in [-0.4, -0.2) is 50.1 Å². The highest BCUT2D eigenvalue weighted by Crippen LogP contribution is 2.32. The number of nitrogens with one attached hydrogen (secondary N) is 1. The number of anilines is 1. The summed E-state index contributed by atoms with van der Waals surface area (Å²) in [5.74, 6) is 0.582. The monoisotopic (exact) mass is 415 g/mol. The van der Waals surface area contributed by atoms with Gasteiger partial charge in [0.05, 0.1) is 18.0 Å². The van der Waals surface area contributed by atoms with Crippen molar-refractivity contribution in [3.8, 4) is 16.9 Å². The third kappa shape index (κ3) is 3.86. The standard InChI is InChI=1S/C21H25N3O4S/c1-3-29(26,27)21(18-8-9-23-18)28-17-11-16(12-22-13-17)14-4-6-19-15(10-14)5-7-20(25)24(19)2/h4,6,10-13,18,21,23H,3,5,7-9H2,1-2H3/t18?,21-/m0/s1. The van der Waals surface area contributed by atoms with Gasteiger partial charge in [0.1, 0.15) is 5.75 Å². The van der Waals surface area contributed by atoms with Crippen LogP contribution in [0, 0.1) is 0 Å². The summed E-state index contributed by atoms with van der Waals surface area (Å²) in [5, 5.41) is 3.14. The average Bonchev–Trinajstić information content (AvgIpc) is 2.69. The van der Waals surface area contributed by atoms with Gasteiger partial charge in [0.25, 0.3) is 0 Å². The van der Waals surface area contributed by atoms with E-state index in [1.165, 1.54) is 0 Å². The summed E-state index contributed by atoms with van der Waals surface area (Å²) in [6.45, 7) is 2.43. The highest BCUT2D eigenvalue weighted by molar-refractivity contribution is 7.91. The molecule has 8 heteroatoms. The minimum Gasteiger partial charge on any atom is -0.471 e. The van der Waals surface area contributed by atoms with Crippen LogP contribution in [0.4, 0.5) is 5.69 Å². The van der Waals surface area contributed by atoms with Crippen molar-refractivity contribution in [2.45, 2.75) is 37.7 Å². The Labute approximate surface area is 171 Å². The lowest BCUT2D eigenvalue weighted by Crippen LogP contribution is -2.56. The van der Waals surface area contributed by atoms with Gasteiger partial charge in [0, 0.05) is 30.9 Å². The molecular weight excluding hydrogens is 390 g/mol. The molecule has 1 fully saturated rings. The molecule has 7 nitrogen and oxygen atoms in total. The molecule has 2 aliphatic rings. The Kier molecular flexibility index (Phi) is 5.31. The molecule has 1 aromatic carbocycles. The first kappa shape index (κ1) is 19.8. The van der Waals surface area contributed by atoms with E-state index in [2.05, 4.69) is 16.4 Å². The van der Waals surface area contributed by atoms with Gasteiger partial charge < -0.3 is 15.0 Å². The average molecular weight is 416 g/mol. The van der Waals surface area contributed by atoms with E-state index >= 15 is 0 Å².